The molecule has 0 spiro atoms. The van der Waals surface area contributed by atoms with Crippen molar-refractivity contribution >= 4 is 7.05 Å². The molecule has 1 fully saturated rings. The van der Waals surface area contributed by atoms with Crippen LogP contribution < -0.4 is 5.32 Å². The third-order valence-electron chi connectivity index (χ3n) is 2.29. The summed E-state index contributed by atoms with van der Waals surface area (Å²) < 4.78 is 0. The zero-order valence-corrected chi connectivity index (χ0v) is 7.53. The van der Waals surface area contributed by atoms with Gasteiger partial charge in [0.15, 0.2) is 0 Å². The predicted molar refractivity (Wildman–Crippen MR) is 48.9 cm³/mol. The lowest BCUT2D eigenvalue weighted by Gasteiger charge is -2.34. The van der Waals surface area contributed by atoms with Crippen molar-refractivity contribution in [1.29, 1.82) is 0 Å². The number of aliphatic hydroxyl groups excluding tert-OH is 1. The van der Waals surface area contributed by atoms with Gasteiger partial charge in [0, 0.05) is 32.3 Å². The minimum Gasteiger partial charge on any atom is -0.437 e. The van der Waals surface area contributed by atoms with Gasteiger partial charge in [-0.1, -0.05) is 0 Å². The van der Waals surface area contributed by atoms with Crippen LogP contribution in [-0.4, -0.2) is 54.3 Å². The van der Waals surface area contributed by atoms with Crippen LogP contribution in [0.3, 0.4) is 0 Å². The van der Waals surface area contributed by atoms with E-state index < -0.39 is 0 Å². The Kier molecular flexibility index (Phi) is 4.01. The zero-order valence-electron chi connectivity index (χ0n) is 7.53. The maximum Gasteiger partial charge on any atom is 0.376 e. The fourth-order valence-corrected chi connectivity index (χ4v) is 1.54. The molecule has 1 heterocycles. The average Bonchev–Trinajstić information content (AvgIpc) is 2.05. The molecule has 0 aromatic heterocycles. The second-order valence-electron chi connectivity index (χ2n) is 3.29. The summed E-state index contributed by atoms with van der Waals surface area (Å²) in [6.07, 6.45) is 0.767. The Bertz CT molecular complexity index is 133. The van der Waals surface area contributed by atoms with Crippen molar-refractivity contribution in [3.05, 3.63) is 0 Å². The molecule has 0 amide bonds. The lowest BCUT2D eigenvalue weighted by atomic mass is 9.83. The van der Waals surface area contributed by atoms with Crippen molar-refractivity contribution in [3.8, 4) is 0 Å². The van der Waals surface area contributed by atoms with E-state index in [9.17, 15) is 5.02 Å². The van der Waals surface area contributed by atoms with Gasteiger partial charge in [-0.2, -0.15) is 0 Å². The molecule has 1 aliphatic rings. The zero-order chi connectivity index (χ0) is 8.97. The van der Waals surface area contributed by atoms with Gasteiger partial charge in [-0.15, -0.1) is 0 Å². The molecule has 70 valence electrons. The number of hydrogen-bond donors (Lipinski definition) is 3. The smallest absolute Gasteiger partial charge is 0.376 e. The second kappa shape index (κ2) is 4.82. The molecule has 4 nitrogen and oxygen atoms in total. The van der Waals surface area contributed by atoms with Crippen LogP contribution >= 0.6 is 0 Å². The van der Waals surface area contributed by atoms with Crippen LogP contribution in [0.2, 0.25) is 6.82 Å². The normalized spacial score (nSPS) is 25.8. The van der Waals surface area contributed by atoms with Gasteiger partial charge >= 0.3 is 7.05 Å². The molecule has 0 saturated carbocycles. The van der Waals surface area contributed by atoms with Crippen LogP contribution in [0.15, 0.2) is 0 Å². The van der Waals surface area contributed by atoms with Gasteiger partial charge < -0.3 is 20.3 Å². The monoisotopic (exact) mass is 172 g/mol. The molecule has 3 N–H and O–H groups in total. The topological polar surface area (TPSA) is 55.7 Å². The summed E-state index contributed by atoms with van der Waals surface area (Å²) in [6, 6.07) is 0.332. The predicted octanol–water partition coefficient (Wildman–Crippen LogP) is -1.25. The van der Waals surface area contributed by atoms with Gasteiger partial charge in [-0.25, -0.2) is 0 Å². The first-order valence-corrected chi connectivity index (χ1v) is 4.50. The highest BCUT2D eigenvalue weighted by molar-refractivity contribution is 6.45. The average molecular weight is 172 g/mol. The van der Waals surface area contributed by atoms with Crippen LogP contribution in [-0.2, 0) is 0 Å². The van der Waals surface area contributed by atoms with Crippen LogP contribution in [0.5, 0.6) is 0 Å². The van der Waals surface area contributed by atoms with Crippen LogP contribution in [0.25, 0.3) is 0 Å². The first kappa shape index (κ1) is 9.99. The fourth-order valence-electron chi connectivity index (χ4n) is 1.54. The molecule has 0 aromatic carbocycles. The molecule has 0 radical (unpaired) electrons. The van der Waals surface area contributed by atoms with E-state index in [-0.39, 0.29) is 13.7 Å². The Morgan fingerprint density at radius 3 is 3.00 bits per heavy atom. The van der Waals surface area contributed by atoms with Gasteiger partial charge in [0.2, 0.25) is 0 Å². The number of piperazine rings is 1. The summed E-state index contributed by atoms with van der Waals surface area (Å²) in [5.74, 6) is 0. The number of rotatable bonds is 3. The molecule has 12 heavy (non-hydrogen) atoms. The summed E-state index contributed by atoms with van der Waals surface area (Å²) in [7, 11) is -0.367. The van der Waals surface area contributed by atoms with Crippen molar-refractivity contribution in [2.24, 2.45) is 0 Å². The third-order valence-corrected chi connectivity index (χ3v) is 2.29. The van der Waals surface area contributed by atoms with Crippen molar-refractivity contribution in [2.45, 2.75) is 19.3 Å². The fraction of sp³-hybridized carbons (Fsp3) is 1.00. The minimum absolute atomic E-state index is 0.214. The number of nitrogens with one attached hydrogen (secondary N) is 1. The molecule has 1 atom stereocenters. The maximum absolute atomic E-state index is 9.30. The lowest BCUT2D eigenvalue weighted by molar-refractivity contribution is 0.217. The molecule has 1 unspecified atom stereocenters. The van der Waals surface area contributed by atoms with E-state index in [1.165, 1.54) is 0 Å². The Balaban J connectivity index is 2.30. The highest BCUT2D eigenvalue weighted by Crippen LogP contribution is 2.03. The summed E-state index contributed by atoms with van der Waals surface area (Å²) in [5.41, 5.74) is 0. The summed E-state index contributed by atoms with van der Waals surface area (Å²) in [5, 5.41) is 21.3. The Labute approximate surface area is 73.7 Å². The Morgan fingerprint density at radius 1 is 1.67 bits per heavy atom. The highest BCUT2D eigenvalue weighted by atomic mass is 16.3. The van der Waals surface area contributed by atoms with Gasteiger partial charge in [-0.05, 0) is 13.2 Å². The number of hydrogen-bond acceptors (Lipinski definition) is 4. The minimum atomic E-state index is -0.367. The largest absolute Gasteiger partial charge is 0.437 e. The SMILES string of the molecule is CB(O)N1CCNC(CCO)C1. The second-order valence-corrected chi connectivity index (χ2v) is 3.29. The van der Waals surface area contributed by atoms with Crippen molar-refractivity contribution in [1.82, 2.24) is 10.1 Å². The maximum atomic E-state index is 9.30. The van der Waals surface area contributed by atoms with E-state index >= 15 is 0 Å². The third kappa shape index (κ3) is 2.75. The standard InChI is InChI=1S/C7H17BN2O2/c1-8(12)10-4-3-9-7(6-10)2-5-11/h7,9,11-12H,2-6H2,1H3. The van der Waals surface area contributed by atoms with E-state index in [0.717, 1.165) is 26.1 Å². The highest BCUT2D eigenvalue weighted by Gasteiger charge is 2.23. The van der Waals surface area contributed by atoms with E-state index in [2.05, 4.69) is 5.32 Å². The van der Waals surface area contributed by atoms with Crippen molar-refractivity contribution in [2.75, 3.05) is 26.2 Å². The molecule has 5 heteroatoms. The molecule has 1 saturated heterocycles. The van der Waals surface area contributed by atoms with Crippen molar-refractivity contribution in [3.63, 3.8) is 0 Å². The van der Waals surface area contributed by atoms with E-state index in [1.54, 1.807) is 6.82 Å². The Morgan fingerprint density at radius 2 is 2.42 bits per heavy atom. The lowest BCUT2D eigenvalue weighted by Crippen LogP contribution is -2.55. The summed E-state index contributed by atoms with van der Waals surface area (Å²) in [6.45, 7) is 4.61. The first-order chi connectivity index (χ1) is 5.74. The van der Waals surface area contributed by atoms with Gasteiger partial charge in [0.05, 0.1) is 0 Å². The summed E-state index contributed by atoms with van der Waals surface area (Å²) >= 11 is 0. The van der Waals surface area contributed by atoms with Crippen LogP contribution in [0, 0.1) is 0 Å². The molecule has 1 rings (SSSR count). The summed E-state index contributed by atoms with van der Waals surface area (Å²) in [4.78, 5) is 2.01. The van der Waals surface area contributed by atoms with Crippen LogP contribution in [0.1, 0.15) is 6.42 Å². The van der Waals surface area contributed by atoms with Crippen LogP contribution in [0.4, 0.5) is 0 Å². The quantitative estimate of drug-likeness (QED) is 0.466. The Hall–Kier alpha value is -0.0951. The van der Waals surface area contributed by atoms with Crippen molar-refractivity contribution < 1.29 is 10.1 Å². The van der Waals surface area contributed by atoms with E-state index in [0.29, 0.717) is 6.04 Å². The molecule has 1 aliphatic heterocycles. The molecular formula is C7H17BN2O2. The van der Waals surface area contributed by atoms with E-state index in [4.69, 9.17) is 5.11 Å². The van der Waals surface area contributed by atoms with E-state index in [1.807, 2.05) is 4.81 Å². The molecule has 0 aromatic rings. The van der Waals surface area contributed by atoms with Gasteiger partial charge in [-0.3, -0.25) is 0 Å². The molecule has 0 bridgehead atoms. The van der Waals surface area contributed by atoms with Gasteiger partial charge in [0.25, 0.3) is 0 Å². The van der Waals surface area contributed by atoms with Gasteiger partial charge in [0.1, 0.15) is 0 Å². The number of nitrogens with zero attached hydrogens (tertiary/aromatic N) is 1. The molecular weight excluding hydrogens is 155 g/mol. The molecule has 0 aliphatic carbocycles. The number of aliphatic hydroxyl groups is 1. The first-order valence-electron chi connectivity index (χ1n) is 4.50.